The Morgan fingerprint density at radius 2 is 1.83 bits per heavy atom. The summed E-state index contributed by atoms with van der Waals surface area (Å²) in [4.78, 5) is 35.2. The van der Waals surface area contributed by atoms with E-state index in [2.05, 4.69) is 11.8 Å². The van der Waals surface area contributed by atoms with Crippen LogP contribution in [0.3, 0.4) is 0 Å². The maximum atomic E-state index is 12.0. The Labute approximate surface area is 172 Å². The van der Waals surface area contributed by atoms with Crippen LogP contribution in [0.2, 0.25) is 0 Å². The van der Waals surface area contributed by atoms with Gasteiger partial charge in [-0.15, -0.1) is 0 Å². The summed E-state index contributed by atoms with van der Waals surface area (Å²) in [5.41, 5.74) is 2.45. The van der Waals surface area contributed by atoms with Crippen LogP contribution >= 0.6 is 0 Å². The summed E-state index contributed by atoms with van der Waals surface area (Å²) in [6, 6.07) is 7.21. The first-order valence-corrected chi connectivity index (χ1v) is 10.1. The minimum absolute atomic E-state index is 0.0597. The number of carbonyl (C=O) groups is 3. The average Bonchev–Trinajstić information content (AvgIpc) is 2.72. The standard InChI is InChI=1S/C24H28O5/c1-4-28-23(26)15-7-17(3)6-8-18-13-14-21(25)16-22(18)19-9-11-20(12-10-19)24(27)29-5-2/h9-12,16-18H,4-6,8,13-14H2,1-3H3. The number of esters is 2. The van der Waals surface area contributed by atoms with Crippen molar-refractivity contribution in [2.24, 2.45) is 11.8 Å². The van der Waals surface area contributed by atoms with Gasteiger partial charge < -0.3 is 9.47 Å². The Morgan fingerprint density at radius 3 is 2.48 bits per heavy atom. The lowest BCUT2D eigenvalue weighted by molar-refractivity contribution is -0.136. The van der Waals surface area contributed by atoms with Gasteiger partial charge >= 0.3 is 11.9 Å². The summed E-state index contributed by atoms with van der Waals surface area (Å²) in [7, 11) is 0. The fourth-order valence-corrected chi connectivity index (χ4v) is 3.34. The normalized spacial score (nSPS) is 16.9. The third-order valence-electron chi connectivity index (χ3n) is 4.87. The summed E-state index contributed by atoms with van der Waals surface area (Å²) in [5, 5.41) is 0. The highest BCUT2D eigenvalue weighted by atomic mass is 16.5. The van der Waals surface area contributed by atoms with Crippen LogP contribution in [0.15, 0.2) is 30.3 Å². The molecule has 29 heavy (non-hydrogen) atoms. The Morgan fingerprint density at radius 1 is 1.14 bits per heavy atom. The molecule has 1 aromatic rings. The van der Waals surface area contributed by atoms with E-state index in [1.165, 1.54) is 0 Å². The SMILES string of the molecule is CCOC(=O)C#CC(C)CCC1CCC(=O)C=C1c1ccc(C(=O)OCC)cc1. The zero-order chi connectivity index (χ0) is 21.2. The lowest BCUT2D eigenvalue weighted by Gasteiger charge is -2.25. The second-order valence-electron chi connectivity index (χ2n) is 7.07. The van der Waals surface area contributed by atoms with E-state index in [0.29, 0.717) is 25.2 Å². The van der Waals surface area contributed by atoms with Crippen LogP contribution in [0.1, 0.15) is 62.4 Å². The third-order valence-corrected chi connectivity index (χ3v) is 4.87. The zero-order valence-electron chi connectivity index (χ0n) is 17.3. The molecule has 0 spiro atoms. The molecule has 2 rings (SSSR count). The third kappa shape index (κ3) is 6.90. The van der Waals surface area contributed by atoms with Gasteiger partial charge in [0.05, 0.1) is 18.8 Å². The van der Waals surface area contributed by atoms with Gasteiger partial charge in [-0.25, -0.2) is 9.59 Å². The summed E-state index contributed by atoms with van der Waals surface area (Å²) in [6.07, 6.45) is 4.75. The molecule has 0 N–H and O–H groups in total. The van der Waals surface area contributed by atoms with Gasteiger partial charge in [-0.1, -0.05) is 25.0 Å². The molecular weight excluding hydrogens is 368 g/mol. The van der Waals surface area contributed by atoms with Crippen LogP contribution in [0.5, 0.6) is 0 Å². The van der Waals surface area contributed by atoms with Gasteiger partial charge in [-0.05, 0) is 68.4 Å². The lowest BCUT2D eigenvalue weighted by Crippen LogP contribution is -2.14. The number of hydrogen-bond donors (Lipinski definition) is 0. The molecule has 0 aliphatic heterocycles. The molecule has 0 saturated carbocycles. The predicted molar refractivity (Wildman–Crippen MR) is 111 cm³/mol. The van der Waals surface area contributed by atoms with Gasteiger partial charge in [0, 0.05) is 18.3 Å². The number of benzene rings is 1. The van der Waals surface area contributed by atoms with Crippen LogP contribution in [0.25, 0.3) is 5.57 Å². The van der Waals surface area contributed by atoms with Crippen LogP contribution in [-0.4, -0.2) is 30.9 Å². The van der Waals surface area contributed by atoms with E-state index in [9.17, 15) is 14.4 Å². The minimum atomic E-state index is -0.495. The fourth-order valence-electron chi connectivity index (χ4n) is 3.34. The van der Waals surface area contributed by atoms with Crippen LogP contribution in [-0.2, 0) is 19.1 Å². The van der Waals surface area contributed by atoms with Gasteiger partial charge in [0.25, 0.3) is 0 Å². The number of carbonyl (C=O) groups excluding carboxylic acids is 3. The fraction of sp³-hybridized carbons (Fsp3) is 0.458. The molecule has 0 bridgehead atoms. The van der Waals surface area contributed by atoms with E-state index in [1.807, 2.05) is 19.1 Å². The van der Waals surface area contributed by atoms with Crippen molar-refractivity contribution in [2.45, 2.75) is 46.5 Å². The molecule has 1 aliphatic rings. The molecule has 0 amide bonds. The Hall–Kier alpha value is -2.87. The van der Waals surface area contributed by atoms with Gasteiger partial charge in [-0.3, -0.25) is 4.79 Å². The Balaban J connectivity index is 2.06. The molecule has 5 heteroatoms. The van der Waals surface area contributed by atoms with E-state index in [4.69, 9.17) is 9.47 Å². The van der Waals surface area contributed by atoms with Crippen LogP contribution < -0.4 is 0 Å². The molecule has 0 radical (unpaired) electrons. The molecule has 0 aromatic heterocycles. The highest BCUT2D eigenvalue weighted by Gasteiger charge is 2.23. The molecule has 2 atom stereocenters. The van der Waals surface area contributed by atoms with Crippen molar-refractivity contribution < 1.29 is 23.9 Å². The summed E-state index contributed by atoms with van der Waals surface area (Å²) < 4.78 is 9.84. The van der Waals surface area contributed by atoms with Crippen molar-refractivity contribution in [3.8, 4) is 11.8 Å². The van der Waals surface area contributed by atoms with Crippen molar-refractivity contribution in [3.63, 3.8) is 0 Å². The largest absolute Gasteiger partial charge is 0.462 e. The van der Waals surface area contributed by atoms with E-state index in [1.54, 1.807) is 32.1 Å². The molecule has 5 nitrogen and oxygen atoms in total. The van der Waals surface area contributed by atoms with Gasteiger partial charge in [0.2, 0.25) is 0 Å². The maximum Gasteiger partial charge on any atom is 0.384 e. The van der Waals surface area contributed by atoms with E-state index >= 15 is 0 Å². The first-order valence-electron chi connectivity index (χ1n) is 10.1. The predicted octanol–water partition coefficient (Wildman–Crippen LogP) is 4.21. The highest BCUT2D eigenvalue weighted by Crippen LogP contribution is 2.35. The van der Waals surface area contributed by atoms with Crippen LogP contribution in [0.4, 0.5) is 0 Å². The molecular formula is C24H28O5. The molecule has 1 aromatic carbocycles. The Kier molecular flexibility index (Phi) is 8.67. The van der Waals surface area contributed by atoms with Crippen molar-refractivity contribution in [1.82, 2.24) is 0 Å². The molecule has 0 heterocycles. The van der Waals surface area contributed by atoms with E-state index in [-0.39, 0.29) is 23.6 Å². The van der Waals surface area contributed by atoms with Gasteiger partial charge in [-0.2, -0.15) is 0 Å². The number of ether oxygens (including phenoxy) is 2. The quantitative estimate of drug-likeness (QED) is 0.392. The molecule has 0 saturated heterocycles. The van der Waals surface area contributed by atoms with Crippen molar-refractivity contribution in [1.29, 1.82) is 0 Å². The minimum Gasteiger partial charge on any atom is -0.462 e. The second-order valence-corrected chi connectivity index (χ2v) is 7.07. The summed E-state index contributed by atoms with van der Waals surface area (Å²) >= 11 is 0. The van der Waals surface area contributed by atoms with E-state index < -0.39 is 5.97 Å². The summed E-state index contributed by atoms with van der Waals surface area (Å²) in [5.74, 6) is 5.05. The first kappa shape index (κ1) is 22.4. The molecule has 2 unspecified atom stereocenters. The number of ketones is 1. The second kappa shape index (κ2) is 11.2. The van der Waals surface area contributed by atoms with Crippen molar-refractivity contribution in [3.05, 3.63) is 41.5 Å². The topological polar surface area (TPSA) is 69.7 Å². The van der Waals surface area contributed by atoms with Gasteiger partial charge in [0.15, 0.2) is 5.78 Å². The van der Waals surface area contributed by atoms with Crippen molar-refractivity contribution in [2.75, 3.05) is 13.2 Å². The van der Waals surface area contributed by atoms with Crippen molar-refractivity contribution >= 4 is 23.3 Å². The first-order chi connectivity index (χ1) is 13.9. The number of hydrogen-bond acceptors (Lipinski definition) is 5. The van der Waals surface area contributed by atoms with E-state index in [0.717, 1.165) is 30.4 Å². The maximum absolute atomic E-state index is 12.0. The molecule has 154 valence electrons. The smallest absolute Gasteiger partial charge is 0.384 e. The lowest BCUT2D eigenvalue weighted by atomic mass is 9.79. The molecule has 0 fully saturated rings. The highest BCUT2D eigenvalue weighted by molar-refractivity contribution is 5.99. The Bertz CT molecular complexity index is 823. The zero-order valence-corrected chi connectivity index (χ0v) is 17.3. The van der Waals surface area contributed by atoms with Gasteiger partial charge in [0.1, 0.15) is 0 Å². The number of allylic oxidation sites excluding steroid dienone is 2. The monoisotopic (exact) mass is 396 g/mol. The molecule has 1 aliphatic carbocycles. The average molecular weight is 396 g/mol. The summed E-state index contributed by atoms with van der Waals surface area (Å²) in [6.45, 7) is 6.16. The van der Waals surface area contributed by atoms with Crippen LogP contribution in [0, 0.1) is 23.7 Å². The number of rotatable bonds is 7.